The van der Waals surface area contributed by atoms with Gasteiger partial charge in [0.2, 0.25) is 5.95 Å². The van der Waals surface area contributed by atoms with Gasteiger partial charge in [-0.15, -0.1) is 0 Å². The van der Waals surface area contributed by atoms with Crippen LogP contribution < -0.4 is 5.32 Å². The van der Waals surface area contributed by atoms with E-state index in [-0.39, 0.29) is 0 Å². The predicted octanol–water partition coefficient (Wildman–Crippen LogP) is 3.28. The van der Waals surface area contributed by atoms with Crippen LogP contribution >= 0.6 is 0 Å². The normalized spacial score (nSPS) is 14.5. The molecular formula is C15H17N3. The summed E-state index contributed by atoms with van der Waals surface area (Å²) >= 11 is 0. The molecule has 0 aliphatic heterocycles. The molecule has 1 aliphatic carbocycles. The van der Waals surface area contributed by atoms with Gasteiger partial charge in [-0.2, -0.15) is 0 Å². The van der Waals surface area contributed by atoms with E-state index in [0.29, 0.717) is 6.04 Å². The Bertz CT molecular complexity index is 533. The van der Waals surface area contributed by atoms with E-state index in [1.54, 1.807) is 0 Å². The van der Waals surface area contributed by atoms with Crippen molar-refractivity contribution >= 4 is 5.95 Å². The molecule has 0 radical (unpaired) electrons. The Hall–Kier alpha value is -1.90. The van der Waals surface area contributed by atoms with E-state index in [4.69, 9.17) is 0 Å². The average molecular weight is 239 g/mol. The number of hydrogen-bond acceptors (Lipinski definition) is 3. The number of aryl methyl sites for hydroxylation is 1. The van der Waals surface area contributed by atoms with E-state index >= 15 is 0 Å². The number of benzene rings is 1. The highest BCUT2D eigenvalue weighted by atomic mass is 15.1. The van der Waals surface area contributed by atoms with Crippen molar-refractivity contribution in [2.75, 3.05) is 5.32 Å². The first-order chi connectivity index (χ1) is 8.86. The van der Waals surface area contributed by atoms with Crippen molar-refractivity contribution in [2.45, 2.75) is 32.2 Å². The molecule has 3 nitrogen and oxygen atoms in total. The molecule has 0 atom stereocenters. The number of anilines is 1. The van der Waals surface area contributed by atoms with E-state index in [0.717, 1.165) is 23.6 Å². The molecule has 1 aliphatic rings. The van der Waals surface area contributed by atoms with E-state index in [1.165, 1.54) is 18.4 Å². The van der Waals surface area contributed by atoms with Crippen LogP contribution in [0.15, 0.2) is 36.5 Å². The largest absolute Gasteiger partial charge is 0.351 e. The van der Waals surface area contributed by atoms with Crippen molar-refractivity contribution < 1.29 is 0 Å². The molecule has 0 spiro atoms. The molecule has 0 bridgehead atoms. The van der Waals surface area contributed by atoms with E-state index < -0.39 is 0 Å². The van der Waals surface area contributed by atoms with Crippen molar-refractivity contribution in [1.82, 2.24) is 9.97 Å². The Balaban J connectivity index is 1.94. The molecule has 2 aromatic rings. The molecule has 0 amide bonds. The van der Waals surface area contributed by atoms with E-state index in [2.05, 4.69) is 34.3 Å². The topological polar surface area (TPSA) is 37.8 Å². The third kappa shape index (κ3) is 2.35. The van der Waals surface area contributed by atoms with Crippen LogP contribution in [0.1, 0.15) is 25.5 Å². The van der Waals surface area contributed by atoms with E-state index in [1.807, 2.05) is 24.4 Å². The fourth-order valence-corrected chi connectivity index (χ4v) is 2.03. The Kier molecular flexibility index (Phi) is 2.97. The molecule has 0 unspecified atom stereocenters. The average Bonchev–Trinajstić information content (AvgIpc) is 3.23. The molecule has 3 rings (SSSR count). The second-order valence-corrected chi connectivity index (χ2v) is 4.69. The highest BCUT2D eigenvalue weighted by Gasteiger charge is 2.22. The lowest BCUT2D eigenvalue weighted by Crippen LogP contribution is -2.07. The lowest BCUT2D eigenvalue weighted by Gasteiger charge is -2.09. The zero-order valence-corrected chi connectivity index (χ0v) is 10.6. The summed E-state index contributed by atoms with van der Waals surface area (Å²) in [7, 11) is 0. The van der Waals surface area contributed by atoms with Gasteiger partial charge in [0.1, 0.15) is 0 Å². The lowest BCUT2D eigenvalue weighted by molar-refractivity contribution is 0.977. The molecule has 92 valence electrons. The van der Waals surface area contributed by atoms with Crippen LogP contribution in [0.3, 0.4) is 0 Å². The van der Waals surface area contributed by atoms with Crippen LogP contribution in [0.5, 0.6) is 0 Å². The zero-order valence-electron chi connectivity index (χ0n) is 10.6. The smallest absolute Gasteiger partial charge is 0.223 e. The summed E-state index contributed by atoms with van der Waals surface area (Å²) in [5.41, 5.74) is 3.44. The van der Waals surface area contributed by atoms with Gasteiger partial charge in [-0.05, 0) is 24.8 Å². The second kappa shape index (κ2) is 4.77. The number of hydrogen-bond donors (Lipinski definition) is 1. The summed E-state index contributed by atoms with van der Waals surface area (Å²) in [5.74, 6) is 0.772. The minimum absolute atomic E-state index is 0.595. The van der Waals surface area contributed by atoms with Gasteiger partial charge in [-0.1, -0.05) is 37.3 Å². The predicted molar refractivity (Wildman–Crippen MR) is 73.5 cm³/mol. The van der Waals surface area contributed by atoms with Gasteiger partial charge in [0.05, 0.1) is 5.69 Å². The van der Waals surface area contributed by atoms with Gasteiger partial charge in [0, 0.05) is 17.8 Å². The van der Waals surface area contributed by atoms with Crippen LogP contribution in [0.2, 0.25) is 0 Å². The van der Waals surface area contributed by atoms with Crippen molar-refractivity contribution in [3.63, 3.8) is 0 Å². The maximum Gasteiger partial charge on any atom is 0.223 e. The van der Waals surface area contributed by atoms with E-state index in [9.17, 15) is 0 Å². The van der Waals surface area contributed by atoms with Crippen molar-refractivity contribution in [2.24, 2.45) is 0 Å². The van der Waals surface area contributed by atoms with Crippen LogP contribution in [0.25, 0.3) is 11.1 Å². The summed E-state index contributed by atoms with van der Waals surface area (Å²) in [6.07, 6.45) is 5.34. The van der Waals surface area contributed by atoms with Crippen molar-refractivity contribution in [3.05, 3.63) is 42.2 Å². The zero-order chi connectivity index (χ0) is 12.4. The molecule has 18 heavy (non-hydrogen) atoms. The third-order valence-corrected chi connectivity index (χ3v) is 3.20. The summed E-state index contributed by atoms with van der Waals surface area (Å²) < 4.78 is 0. The summed E-state index contributed by atoms with van der Waals surface area (Å²) in [6, 6.07) is 10.9. The third-order valence-electron chi connectivity index (χ3n) is 3.20. The molecule has 3 heteroatoms. The first kappa shape index (κ1) is 11.2. The maximum atomic E-state index is 4.63. The number of nitrogens with zero attached hydrogens (tertiary/aromatic N) is 2. The highest BCUT2D eigenvalue weighted by molar-refractivity contribution is 5.65. The Morgan fingerprint density at radius 1 is 1.22 bits per heavy atom. The second-order valence-electron chi connectivity index (χ2n) is 4.69. The first-order valence-corrected chi connectivity index (χ1v) is 6.54. The van der Waals surface area contributed by atoms with Crippen molar-refractivity contribution in [3.8, 4) is 11.1 Å². The number of rotatable bonds is 4. The summed E-state index contributed by atoms with van der Waals surface area (Å²) in [4.78, 5) is 9.05. The maximum absolute atomic E-state index is 4.63. The molecule has 1 aromatic carbocycles. The number of nitrogens with one attached hydrogen (secondary N) is 1. The molecule has 1 aromatic heterocycles. The van der Waals surface area contributed by atoms with Crippen LogP contribution in [-0.4, -0.2) is 16.0 Å². The van der Waals surface area contributed by atoms with Crippen LogP contribution in [0, 0.1) is 0 Å². The fraction of sp³-hybridized carbons (Fsp3) is 0.333. The molecule has 1 fully saturated rings. The summed E-state index contributed by atoms with van der Waals surface area (Å²) in [6.45, 7) is 2.13. The highest BCUT2D eigenvalue weighted by Crippen LogP contribution is 2.26. The standard InChI is InChI=1S/C15H17N3/c1-2-14-13(11-6-4-3-5-7-11)10-16-15(18-14)17-12-8-9-12/h3-7,10,12H,2,8-9H2,1H3,(H,16,17,18). The van der Waals surface area contributed by atoms with Gasteiger partial charge < -0.3 is 5.32 Å². The minimum Gasteiger partial charge on any atom is -0.351 e. The quantitative estimate of drug-likeness (QED) is 0.889. The number of aromatic nitrogens is 2. The monoisotopic (exact) mass is 239 g/mol. The molecule has 1 saturated carbocycles. The van der Waals surface area contributed by atoms with Gasteiger partial charge >= 0.3 is 0 Å². The Morgan fingerprint density at radius 2 is 2.00 bits per heavy atom. The van der Waals surface area contributed by atoms with Gasteiger partial charge in [0.15, 0.2) is 0 Å². The van der Waals surface area contributed by atoms with Crippen molar-refractivity contribution in [1.29, 1.82) is 0 Å². The van der Waals surface area contributed by atoms with Crippen LogP contribution in [-0.2, 0) is 6.42 Å². The molecular weight excluding hydrogens is 222 g/mol. The molecule has 1 heterocycles. The Labute approximate surface area is 107 Å². The lowest BCUT2D eigenvalue weighted by atomic mass is 10.0. The van der Waals surface area contributed by atoms with Gasteiger partial charge in [0.25, 0.3) is 0 Å². The SMILES string of the molecule is CCc1nc(NC2CC2)ncc1-c1ccccc1. The summed E-state index contributed by atoms with van der Waals surface area (Å²) in [5, 5.41) is 3.35. The first-order valence-electron chi connectivity index (χ1n) is 6.54. The Morgan fingerprint density at radius 3 is 2.67 bits per heavy atom. The van der Waals surface area contributed by atoms with Crippen LogP contribution in [0.4, 0.5) is 5.95 Å². The fourth-order valence-electron chi connectivity index (χ4n) is 2.03. The van der Waals surface area contributed by atoms with Gasteiger partial charge in [-0.25, -0.2) is 9.97 Å². The van der Waals surface area contributed by atoms with Gasteiger partial charge in [-0.3, -0.25) is 0 Å². The molecule has 0 saturated heterocycles. The minimum atomic E-state index is 0.595. The molecule has 1 N–H and O–H groups in total.